The summed E-state index contributed by atoms with van der Waals surface area (Å²) in [5.41, 5.74) is 14.7. The first-order valence-corrected chi connectivity index (χ1v) is 9.94. The van der Waals surface area contributed by atoms with Gasteiger partial charge in [0.2, 0.25) is 11.9 Å². The summed E-state index contributed by atoms with van der Waals surface area (Å²) < 4.78 is 14.1. The molecule has 156 valence electrons. The van der Waals surface area contributed by atoms with Gasteiger partial charge in [0.05, 0.1) is 22.9 Å². The minimum absolute atomic E-state index is 0.0329. The number of nitriles is 1. The van der Waals surface area contributed by atoms with E-state index < -0.39 is 5.82 Å². The molecule has 0 spiro atoms. The van der Waals surface area contributed by atoms with E-state index in [2.05, 4.69) is 14.9 Å². The smallest absolute Gasteiger partial charge is 0.222 e. The van der Waals surface area contributed by atoms with Gasteiger partial charge in [-0.25, -0.2) is 14.4 Å². The SMILES string of the molecule is N#Cc1ccc(-c2cc(-c3cccc(N4CCCC(C(N)=O)C4)c3)nc(N)n2)cc1F. The molecule has 31 heavy (non-hydrogen) atoms. The molecular weight excluding hydrogens is 395 g/mol. The van der Waals surface area contributed by atoms with Crippen LogP contribution in [0.3, 0.4) is 0 Å². The highest BCUT2D eigenvalue weighted by molar-refractivity contribution is 5.78. The number of halogens is 1. The predicted molar refractivity (Wildman–Crippen MR) is 116 cm³/mol. The standard InChI is InChI=1S/C23H21FN6O/c24-19-10-15(6-7-16(19)12-25)21-11-20(28-23(27)29-21)14-3-1-5-18(9-14)30-8-2-4-17(13-30)22(26)31/h1,3,5-7,9-11,17H,2,4,8,13H2,(H2,26,31)(H2,27,28,29). The highest BCUT2D eigenvalue weighted by Gasteiger charge is 2.24. The minimum Gasteiger partial charge on any atom is -0.371 e. The quantitative estimate of drug-likeness (QED) is 0.674. The molecule has 7 nitrogen and oxygen atoms in total. The Morgan fingerprint density at radius 2 is 1.87 bits per heavy atom. The van der Waals surface area contributed by atoms with Crippen molar-refractivity contribution < 1.29 is 9.18 Å². The van der Waals surface area contributed by atoms with Crippen molar-refractivity contribution in [2.75, 3.05) is 23.7 Å². The molecule has 1 aromatic heterocycles. The van der Waals surface area contributed by atoms with Crippen LogP contribution < -0.4 is 16.4 Å². The lowest BCUT2D eigenvalue weighted by Crippen LogP contribution is -2.41. The molecule has 8 heteroatoms. The van der Waals surface area contributed by atoms with Crippen LogP contribution >= 0.6 is 0 Å². The normalized spacial score (nSPS) is 16.0. The van der Waals surface area contributed by atoms with E-state index in [1.807, 2.05) is 24.3 Å². The van der Waals surface area contributed by atoms with Crippen LogP contribution in [-0.4, -0.2) is 29.0 Å². The third-order valence-corrected chi connectivity index (χ3v) is 5.46. The number of carbonyl (C=O) groups excluding carboxylic acids is 1. The molecule has 1 aliphatic rings. The number of benzene rings is 2. The lowest BCUT2D eigenvalue weighted by atomic mass is 9.96. The van der Waals surface area contributed by atoms with Crippen molar-refractivity contribution >= 4 is 17.5 Å². The van der Waals surface area contributed by atoms with Gasteiger partial charge < -0.3 is 16.4 Å². The van der Waals surface area contributed by atoms with Crippen LogP contribution in [0.5, 0.6) is 0 Å². The summed E-state index contributed by atoms with van der Waals surface area (Å²) in [6.45, 7) is 1.43. The average Bonchev–Trinajstić information content (AvgIpc) is 2.78. The van der Waals surface area contributed by atoms with Gasteiger partial charge >= 0.3 is 0 Å². The van der Waals surface area contributed by atoms with E-state index in [0.29, 0.717) is 23.5 Å². The summed E-state index contributed by atoms with van der Waals surface area (Å²) in [6, 6.07) is 15.6. The summed E-state index contributed by atoms with van der Waals surface area (Å²) in [5.74, 6) is -0.988. The molecule has 1 atom stereocenters. The Bertz CT molecular complexity index is 1190. The number of aromatic nitrogens is 2. The maximum Gasteiger partial charge on any atom is 0.222 e. The Morgan fingerprint density at radius 1 is 1.13 bits per heavy atom. The van der Waals surface area contributed by atoms with Crippen molar-refractivity contribution in [3.8, 4) is 28.6 Å². The van der Waals surface area contributed by atoms with Crippen molar-refractivity contribution in [2.24, 2.45) is 11.7 Å². The molecule has 0 aliphatic carbocycles. The van der Waals surface area contributed by atoms with Gasteiger partial charge in [0.25, 0.3) is 0 Å². The number of piperidine rings is 1. The average molecular weight is 416 g/mol. The van der Waals surface area contributed by atoms with E-state index in [0.717, 1.165) is 30.6 Å². The predicted octanol–water partition coefficient (Wildman–Crippen LogP) is 3.11. The van der Waals surface area contributed by atoms with Crippen molar-refractivity contribution in [2.45, 2.75) is 12.8 Å². The highest BCUT2D eigenvalue weighted by atomic mass is 19.1. The summed E-state index contributed by atoms with van der Waals surface area (Å²) in [7, 11) is 0. The van der Waals surface area contributed by atoms with Gasteiger partial charge in [0, 0.05) is 29.9 Å². The fourth-order valence-corrected chi connectivity index (χ4v) is 3.83. The topological polar surface area (TPSA) is 122 Å². The van der Waals surface area contributed by atoms with Gasteiger partial charge in [-0.2, -0.15) is 5.26 Å². The second-order valence-electron chi connectivity index (χ2n) is 7.54. The van der Waals surface area contributed by atoms with Gasteiger partial charge in [-0.15, -0.1) is 0 Å². The van der Waals surface area contributed by atoms with Gasteiger partial charge in [0.1, 0.15) is 11.9 Å². The molecule has 2 heterocycles. The van der Waals surface area contributed by atoms with Crippen LogP contribution in [-0.2, 0) is 4.79 Å². The Morgan fingerprint density at radius 3 is 2.55 bits per heavy atom. The van der Waals surface area contributed by atoms with Crippen LogP contribution in [0.15, 0.2) is 48.5 Å². The fourth-order valence-electron chi connectivity index (χ4n) is 3.83. The van der Waals surface area contributed by atoms with Gasteiger partial charge in [-0.05, 0) is 43.2 Å². The van der Waals surface area contributed by atoms with Crippen molar-refractivity contribution in [1.82, 2.24) is 9.97 Å². The van der Waals surface area contributed by atoms with Crippen LogP contribution in [0, 0.1) is 23.1 Å². The number of hydrogen-bond donors (Lipinski definition) is 2. The minimum atomic E-state index is -0.616. The monoisotopic (exact) mass is 416 g/mol. The summed E-state index contributed by atoms with van der Waals surface area (Å²) in [6.07, 6.45) is 1.70. The maximum atomic E-state index is 14.1. The van der Waals surface area contributed by atoms with Crippen LogP contribution in [0.25, 0.3) is 22.5 Å². The Balaban J connectivity index is 1.68. The first kappa shape index (κ1) is 20.3. The molecule has 4 rings (SSSR count). The number of amides is 1. The number of anilines is 2. The van der Waals surface area contributed by atoms with Gasteiger partial charge in [0.15, 0.2) is 0 Å². The van der Waals surface area contributed by atoms with Crippen LogP contribution in [0.2, 0.25) is 0 Å². The van der Waals surface area contributed by atoms with Crippen LogP contribution in [0.4, 0.5) is 16.0 Å². The van der Waals surface area contributed by atoms with Crippen molar-refractivity contribution in [1.29, 1.82) is 5.26 Å². The Kier molecular flexibility index (Phi) is 5.50. The summed E-state index contributed by atoms with van der Waals surface area (Å²) in [4.78, 5) is 22.3. The molecule has 1 fully saturated rings. The van der Waals surface area contributed by atoms with Crippen LogP contribution in [0.1, 0.15) is 18.4 Å². The van der Waals surface area contributed by atoms with E-state index in [1.54, 1.807) is 18.2 Å². The maximum absolute atomic E-state index is 14.1. The van der Waals surface area contributed by atoms with Crippen molar-refractivity contribution in [3.05, 3.63) is 59.9 Å². The second-order valence-corrected chi connectivity index (χ2v) is 7.54. The van der Waals surface area contributed by atoms with Gasteiger partial charge in [-0.1, -0.05) is 18.2 Å². The number of nitrogens with zero attached hydrogens (tertiary/aromatic N) is 4. The Labute approximate surface area is 179 Å². The first-order valence-electron chi connectivity index (χ1n) is 9.94. The molecule has 2 aromatic carbocycles. The molecule has 1 aliphatic heterocycles. The van der Waals surface area contributed by atoms with Crippen molar-refractivity contribution in [3.63, 3.8) is 0 Å². The molecule has 3 aromatic rings. The van der Waals surface area contributed by atoms with E-state index in [9.17, 15) is 9.18 Å². The third kappa shape index (κ3) is 4.31. The summed E-state index contributed by atoms with van der Waals surface area (Å²) >= 11 is 0. The van der Waals surface area contributed by atoms with E-state index in [-0.39, 0.29) is 23.3 Å². The van der Waals surface area contributed by atoms with E-state index in [1.165, 1.54) is 12.1 Å². The highest BCUT2D eigenvalue weighted by Crippen LogP contribution is 2.30. The molecule has 4 N–H and O–H groups in total. The van der Waals surface area contributed by atoms with Gasteiger partial charge in [-0.3, -0.25) is 4.79 Å². The lowest BCUT2D eigenvalue weighted by Gasteiger charge is -2.33. The molecule has 1 amide bonds. The number of carbonyl (C=O) groups is 1. The Hall–Kier alpha value is -3.99. The number of hydrogen-bond acceptors (Lipinski definition) is 6. The zero-order chi connectivity index (χ0) is 22.0. The molecule has 1 unspecified atom stereocenters. The van der Waals surface area contributed by atoms with E-state index in [4.69, 9.17) is 16.7 Å². The molecule has 0 radical (unpaired) electrons. The first-order chi connectivity index (χ1) is 14.9. The fraction of sp³-hybridized carbons (Fsp3) is 0.217. The third-order valence-electron chi connectivity index (χ3n) is 5.46. The number of rotatable bonds is 4. The zero-order valence-corrected chi connectivity index (χ0v) is 16.8. The molecule has 1 saturated heterocycles. The molecular formula is C23H21FN6O. The lowest BCUT2D eigenvalue weighted by molar-refractivity contribution is -0.122. The number of nitrogens with two attached hydrogens (primary N) is 2. The molecule has 0 bridgehead atoms. The second kappa shape index (κ2) is 8.40. The largest absolute Gasteiger partial charge is 0.371 e. The summed E-state index contributed by atoms with van der Waals surface area (Å²) in [5, 5.41) is 8.93. The van der Waals surface area contributed by atoms with E-state index >= 15 is 0 Å². The number of nitrogen functional groups attached to an aromatic ring is 1. The number of primary amides is 1. The zero-order valence-electron chi connectivity index (χ0n) is 16.8. The molecule has 0 saturated carbocycles.